The molecule has 0 aliphatic heterocycles. The van der Waals surface area contributed by atoms with Crippen molar-refractivity contribution < 1.29 is 4.79 Å². The normalized spacial score (nSPS) is 22.4. The van der Waals surface area contributed by atoms with E-state index < -0.39 is 0 Å². The molecule has 2 atom stereocenters. The van der Waals surface area contributed by atoms with Crippen molar-refractivity contribution in [2.24, 2.45) is 11.7 Å². The maximum atomic E-state index is 12.3. The highest BCUT2D eigenvalue weighted by atomic mass is 16.2. The summed E-state index contributed by atoms with van der Waals surface area (Å²) < 4.78 is 0. The number of rotatable bonds is 3. The molecular formula is C16H25N3O. The van der Waals surface area contributed by atoms with E-state index in [1.165, 1.54) is 12.8 Å². The van der Waals surface area contributed by atoms with Gasteiger partial charge < -0.3 is 16.0 Å². The number of urea groups is 1. The monoisotopic (exact) mass is 275 g/mol. The lowest BCUT2D eigenvalue weighted by Gasteiger charge is -2.34. The fourth-order valence-corrected chi connectivity index (χ4v) is 2.86. The minimum absolute atomic E-state index is 0.0235. The van der Waals surface area contributed by atoms with Crippen molar-refractivity contribution in [3.05, 3.63) is 29.8 Å². The quantitative estimate of drug-likeness (QED) is 0.890. The zero-order valence-electron chi connectivity index (χ0n) is 12.4. The average Bonchev–Trinajstić information content (AvgIpc) is 2.47. The highest BCUT2D eigenvalue weighted by Gasteiger charge is 2.25. The Balaban J connectivity index is 1.92. The molecule has 1 aromatic carbocycles. The topological polar surface area (TPSA) is 58.4 Å². The van der Waals surface area contributed by atoms with E-state index in [4.69, 9.17) is 5.73 Å². The molecule has 1 aromatic rings. The Bertz CT molecular complexity index is 444. The summed E-state index contributed by atoms with van der Waals surface area (Å²) in [6.45, 7) is 2.79. The first-order valence-corrected chi connectivity index (χ1v) is 7.43. The van der Waals surface area contributed by atoms with Gasteiger partial charge in [0, 0.05) is 25.3 Å². The van der Waals surface area contributed by atoms with E-state index in [2.05, 4.69) is 12.2 Å². The maximum absolute atomic E-state index is 12.3. The number of benzene rings is 1. The van der Waals surface area contributed by atoms with Crippen molar-refractivity contribution in [3.8, 4) is 0 Å². The summed E-state index contributed by atoms with van der Waals surface area (Å²) in [6.07, 6.45) is 4.72. The van der Waals surface area contributed by atoms with Gasteiger partial charge in [-0.05, 0) is 36.5 Å². The summed E-state index contributed by atoms with van der Waals surface area (Å²) in [5.74, 6) is 0.716. The SMILES string of the molecule is CC1CCCC(N(C)C(=O)Nc2ccc(CN)cc2)C1. The first-order valence-electron chi connectivity index (χ1n) is 7.43. The standard InChI is InChI=1S/C16H25N3O/c1-12-4-3-5-15(10-12)19(2)16(20)18-14-8-6-13(11-17)7-9-14/h6-9,12,15H,3-5,10-11,17H2,1-2H3,(H,18,20). The Morgan fingerprint density at radius 2 is 2.05 bits per heavy atom. The Morgan fingerprint density at radius 1 is 1.35 bits per heavy atom. The van der Waals surface area contributed by atoms with Crippen LogP contribution in [-0.4, -0.2) is 24.0 Å². The Morgan fingerprint density at radius 3 is 2.65 bits per heavy atom. The summed E-state index contributed by atoms with van der Waals surface area (Å²) in [5, 5.41) is 2.95. The number of hydrogen-bond acceptors (Lipinski definition) is 2. The van der Waals surface area contributed by atoms with Crippen LogP contribution >= 0.6 is 0 Å². The van der Waals surface area contributed by atoms with Crippen LogP contribution in [0.4, 0.5) is 10.5 Å². The number of carbonyl (C=O) groups is 1. The second kappa shape index (κ2) is 6.75. The number of anilines is 1. The second-order valence-corrected chi connectivity index (χ2v) is 5.87. The van der Waals surface area contributed by atoms with E-state index >= 15 is 0 Å². The van der Waals surface area contributed by atoms with Gasteiger partial charge in [-0.15, -0.1) is 0 Å². The Labute approximate surface area is 121 Å². The summed E-state index contributed by atoms with van der Waals surface area (Å²) in [4.78, 5) is 14.1. The predicted octanol–water partition coefficient (Wildman–Crippen LogP) is 3.19. The summed E-state index contributed by atoms with van der Waals surface area (Å²) in [5.41, 5.74) is 7.45. The van der Waals surface area contributed by atoms with Crippen LogP contribution in [0.3, 0.4) is 0 Å². The van der Waals surface area contributed by atoms with E-state index in [1.54, 1.807) is 0 Å². The maximum Gasteiger partial charge on any atom is 0.321 e. The molecule has 1 aliphatic carbocycles. The number of nitrogens with one attached hydrogen (secondary N) is 1. The number of amides is 2. The molecule has 20 heavy (non-hydrogen) atoms. The molecule has 0 radical (unpaired) electrons. The Kier molecular flexibility index (Phi) is 5.01. The molecule has 110 valence electrons. The molecule has 2 unspecified atom stereocenters. The molecule has 1 fully saturated rings. The van der Waals surface area contributed by atoms with Gasteiger partial charge in [0.2, 0.25) is 0 Å². The molecule has 2 rings (SSSR count). The molecule has 0 aromatic heterocycles. The van der Waals surface area contributed by atoms with Crippen molar-refractivity contribution >= 4 is 11.7 Å². The third-order valence-corrected chi connectivity index (χ3v) is 4.22. The summed E-state index contributed by atoms with van der Waals surface area (Å²) >= 11 is 0. The molecule has 0 heterocycles. The van der Waals surface area contributed by atoms with Crippen LogP contribution in [0.5, 0.6) is 0 Å². The van der Waals surface area contributed by atoms with E-state index in [0.717, 1.165) is 24.1 Å². The highest BCUT2D eigenvalue weighted by Crippen LogP contribution is 2.27. The number of nitrogens with zero attached hydrogens (tertiary/aromatic N) is 1. The zero-order valence-corrected chi connectivity index (χ0v) is 12.4. The molecule has 4 nitrogen and oxygen atoms in total. The fourth-order valence-electron chi connectivity index (χ4n) is 2.86. The second-order valence-electron chi connectivity index (χ2n) is 5.87. The van der Waals surface area contributed by atoms with E-state index in [1.807, 2.05) is 36.2 Å². The van der Waals surface area contributed by atoms with Gasteiger partial charge in [0.25, 0.3) is 0 Å². The van der Waals surface area contributed by atoms with Gasteiger partial charge in [-0.1, -0.05) is 31.9 Å². The van der Waals surface area contributed by atoms with Crippen LogP contribution in [0.25, 0.3) is 0 Å². The molecule has 2 amide bonds. The summed E-state index contributed by atoms with van der Waals surface area (Å²) in [6, 6.07) is 8.03. The van der Waals surface area contributed by atoms with Gasteiger partial charge in [-0.3, -0.25) is 0 Å². The number of hydrogen-bond donors (Lipinski definition) is 2. The van der Waals surface area contributed by atoms with Gasteiger partial charge in [-0.2, -0.15) is 0 Å². The fraction of sp³-hybridized carbons (Fsp3) is 0.562. The van der Waals surface area contributed by atoms with E-state index in [9.17, 15) is 4.79 Å². The van der Waals surface area contributed by atoms with Crippen LogP contribution in [0.15, 0.2) is 24.3 Å². The van der Waals surface area contributed by atoms with Crippen molar-refractivity contribution in [1.82, 2.24) is 4.90 Å². The van der Waals surface area contributed by atoms with Crippen LogP contribution in [0.2, 0.25) is 0 Å². The van der Waals surface area contributed by atoms with Crippen LogP contribution < -0.4 is 11.1 Å². The molecule has 4 heteroatoms. The van der Waals surface area contributed by atoms with Gasteiger partial charge in [0.05, 0.1) is 0 Å². The minimum Gasteiger partial charge on any atom is -0.326 e. The third kappa shape index (κ3) is 3.73. The van der Waals surface area contributed by atoms with Gasteiger partial charge in [0.15, 0.2) is 0 Å². The smallest absolute Gasteiger partial charge is 0.321 e. The van der Waals surface area contributed by atoms with Crippen LogP contribution in [-0.2, 0) is 6.54 Å². The molecule has 1 aliphatic rings. The summed E-state index contributed by atoms with van der Waals surface area (Å²) in [7, 11) is 1.90. The largest absolute Gasteiger partial charge is 0.326 e. The van der Waals surface area contributed by atoms with Gasteiger partial charge in [-0.25, -0.2) is 4.79 Å². The van der Waals surface area contributed by atoms with Crippen molar-refractivity contribution in [1.29, 1.82) is 0 Å². The minimum atomic E-state index is -0.0235. The lowest BCUT2D eigenvalue weighted by Crippen LogP contribution is -2.42. The first-order chi connectivity index (χ1) is 9.60. The third-order valence-electron chi connectivity index (χ3n) is 4.22. The molecule has 0 bridgehead atoms. The van der Waals surface area contributed by atoms with Crippen molar-refractivity contribution in [2.75, 3.05) is 12.4 Å². The number of carbonyl (C=O) groups excluding carboxylic acids is 1. The van der Waals surface area contributed by atoms with Crippen LogP contribution in [0, 0.1) is 5.92 Å². The van der Waals surface area contributed by atoms with Gasteiger partial charge >= 0.3 is 6.03 Å². The van der Waals surface area contributed by atoms with Crippen molar-refractivity contribution in [3.63, 3.8) is 0 Å². The molecule has 1 saturated carbocycles. The molecule has 3 N–H and O–H groups in total. The lowest BCUT2D eigenvalue weighted by atomic mass is 9.86. The highest BCUT2D eigenvalue weighted by molar-refractivity contribution is 5.89. The molecular weight excluding hydrogens is 250 g/mol. The van der Waals surface area contributed by atoms with Crippen molar-refractivity contribution in [2.45, 2.75) is 45.2 Å². The Hall–Kier alpha value is -1.55. The average molecular weight is 275 g/mol. The number of nitrogens with two attached hydrogens (primary N) is 1. The molecule has 0 saturated heterocycles. The predicted molar refractivity (Wildman–Crippen MR) is 82.5 cm³/mol. The lowest BCUT2D eigenvalue weighted by molar-refractivity contribution is 0.171. The van der Waals surface area contributed by atoms with E-state index in [-0.39, 0.29) is 6.03 Å². The molecule has 0 spiro atoms. The van der Waals surface area contributed by atoms with Crippen LogP contribution in [0.1, 0.15) is 38.2 Å². The zero-order chi connectivity index (χ0) is 14.5. The van der Waals surface area contributed by atoms with Gasteiger partial charge in [0.1, 0.15) is 0 Å². The first kappa shape index (κ1) is 14.9. The van der Waals surface area contributed by atoms with E-state index in [0.29, 0.717) is 18.5 Å².